The van der Waals surface area contributed by atoms with Crippen molar-refractivity contribution >= 4 is 34.5 Å². The van der Waals surface area contributed by atoms with Crippen LogP contribution in [0.1, 0.15) is 22.3 Å². The fourth-order valence-corrected chi connectivity index (χ4v) is 3.44. The number of morpholine rings is 1. The van der Waals surface area contributed by atoms with E-state index in [1.165, 1.54) is 11.3 Å². The van der Waals surface area contributed by atoms with Gasteiger partial charge in [-0.15, -0.1) is 0 Å². The lowest BCUT2D eigenvalue weighted by molar-refractivity contribution is -0.116. The van der Waals surface area contributed by atoms with E-state index in [-0.39, 0.29) is 18.2 Å². The normalized spacial score (nSPS) is 14.1. The Kier molecular flexibility index (Phi) is 6.25. The van der Waals surface area contributed by atoms with E-state index in [4.69, 9.17) is 4.74 Å². The Morgan fingerprint density at radius 3 is 2.73 bits per heavy atom. The fourth-order valence-electron chi connectivity index (χ4n) is 2.80. The number of nitrogens with one attached hydrogen (secondary N) is 2. The Morgan fingerprint density at radius 2 is 2.04 bits per heavy atom. The Balaban J connectivity index is 1.48. The molecule has 26 heavy (non-hydrogen) atoms. The van der Waals surface area contributed by atoms with Crippen LogP contribution in [0.5, 0.6) is 0 Å². The third kappa shape index (κ3) is 4.83. The molecule has 0 atom stereocenters. The van der Waals surface area contributed by atoms with Crippen molar-refractivity contribution in [2.24, 2.45) is 0 Å². The lowest BCUT2D eigenvalue weighted by Crippen LogP contribution is -2.36. The third-order valence-electron chi connectivity index (χ3n) is 4.28. The third-order valence-corrected chi connectivity index (χ3v) is 4.96. The van der Waals surface area contributed by atoms with Gasteiger partial charge >= 0.3 is 0 Å². The number of amides is 2. The predicted molar refractivity (Wildman–Crippen MR) is 104 cm³/mol. The summed E-state index contributed by atoms with van der Waals surface area (Å²) in [5.41, 5.74) is 3.60. The van der Waals surface area contributed by atoms with Crippen molar-refractivity contribution in [1.82, 2.24) is 5.32 Å². The molecule has 0 bridgehead atoms. The molecule has 1 aliphatic rings. The quantitative estimate of drug-likeness (QED) is 0.817. The van der Waals surface area contributed by atoms with Gasteiger partial charge in [0.1, 0.15) is 0 Å². The molecule has 0 saturated carbocycles. The number of thiophene rings is 1. The monoisotopic (exact) mass is 373 g/mol. The molecule has 2 amide bonds. The number of carbonyl (C=O) groups is 2. The van der Waals surface area contributed by atoms with Gasteiger partial charge in [0, 0.05) is 48.4 Å². The van der Waals surface area contributed by atoms with Crippen LogP contribution in [0, 0.1) is 6.92 Å². The molecule has 2 N–H and O–H groups in total. The van der Waals surface area contributed by atoms with Crippen LogP contribution in [-0.4, -0.2) is 44.7 Å². The molecule has 0 aliphatic carbocycles. The zero-order valence-corrected chi connectivity index (χ0v) is 15.6. The van der Waals surface area contributed by atoms with E-state index in [1.807, 2.05) is 24.4 Å². The number of benzene rings is 1. The Labute approximate surface area is 157 Å². The van der Waals surface area contributed by atoms with Crippen LogP contribution in [-0.2, 0) is 9.53 Å². The standard InChI is InChI=1S/C19H23N3O3S/c1-14-12-16(22-7-9-25-10-8-22)2-3-17(14)21-18(23)4-6-20-19(24)15-5-11-26-13-15/h2-3,5,11-13H,4,6-10H2,1H3,(H,20,24)(H,21,23). The molecule has 0 unspecified atom stereocenters. The van der Waals surface area contributed by atoms with Crippen LogP contribution < -0.4 is 15.5 Å². The highest BCUT2D eigenvalue weighted by molar-refractivity contribution is 7.08. The average molecular weight is 373 g/mol. The van der Waals surface area contributed by atoms with Crippen molar-refractivity contribution in [3.8, 4) is 0 Å². The summed E-state index contributed by atoms with van der Waals surface area (Å²) in [6.45, 7) is 5.55. The molecular weight excluding hydrogens is 350 g/mol. The SMILES string of the molecule is Cc1cc(N2CCOCC2)ccc1NC(=O)CCNC(=O)c1ccsc1. The molecule has 7 heteroatoms. The van der Waals surface area contributed by atoms with E-state index in [9.17, 15) is 9.59 Å². The van der Waals surface area contributed by atoms with Gasteiger partial charge in [0.25, 0.3) is 5.91 Å². The summed E-state index contributed by atoms with van der Waals surface area (Å²) >= 11 is 1.47. The summed E-state index contributed by atoms with van der Waals surface area (Å²) in [6, 6.07) is 7.80. The maximum absolute atomic E-state index is 12.1. The van der Waals surface area contributed by atoms with E-state index in [0.717, 1.165) is 43.2 Å². The highest BCUT2D eigenvalue weighted by Gasteiger charge is 2.13. The number of carbonyl (C=O) groups excluding carboxylic acids is 2. The molecule has 0 radical (unpaired) electrons. The van der Waals surface area contributed by atoms with Crippen molar-refractivity contribution in [3.05, 3.63) is 46.2 Å². The van der Waals surface area contributed by atoms with Gasteiger partial charge < -0.3 is 20.3 Å². The molecule has 1 aromatic heterocycles. The number of anilines is 2. The first-order valence-corrected chi connectivity index (χ1v) is 9.61. The van der Waals surface area contributed by atoms with E-state index in [0.29, 0.717) is 12.1 Å². The van der Waals surface area contributed by atoms with Gasteiger partial charge in [-0.2, -0.15) is 11.3 Å². The first-order chi connectivity index (χ1) is 12.6. The molecule has 0 spiro atoms. The van der Waals surface area contributed by atoms with Crippen molar-refractivity contribution in [2.75, 3.05) is 43.1 Å². The summed E-state index contributed by atoms with van der Waals surface area (Å²) in [5.74, 6) is -0.261. The second kappa shape index (κ2) is 8.82. The Morgan fingerprint density at radius 1 is 1.23 bits per heavy atom. The van der Waals surface area contributed by atoms with Gasteiger partial charge in [-0.25, -0.2) is 0 Å². The van der Waals surface area contributed by atoms with Gasteiger partial charge in [-0.3, -0.25) is 9.59 Å². The van der Waals surface area contributed by atoms with Crippen molar-refractivity contribution < 1.29 is 14.3 Å². The zero-order chi connectivity index (χ0) is 18.4. The Bertz CT molecular complexity index is 755. The average Bonchev–Trinajstić information content (AvgIpc) is 3.19. The van der Waals surface area contributed by atoms with Crippen molar-refractivity contribution in [3.63, 3.8) is 0 Å². The molecule has 1 aliphatic heterocycles. The molecule has 1 saturated heterocycles. The summed E-state index contributed by atoms with van der Waals surface area (Å²) in [6.07, 6.45) is 0.237. The van der Waals surface area contributed by atoms with Crippen LogP contribution in [0.3, 0.4) is 0 Å². The maximum Gasteiger partial charge on any atom is 0.252 e. The molecule has 1 aromatic carbocycles. The first kappa shape index (κ1) is 18.4. The fraction of sp³-hybridized carbons (Fsp3) is 0.368. The Hall–Kier alpha value is -2.38. The smallest absolute Gasteiger partial charge is 0.252 e. The lowest BCUT2D eigenvalue weighted by atomic mass is 10.1. The van der Waals surface area contributed by atoms with Gasteiger partial charge in [-0.1, -0.05) is 0 Å². The van der Waals surface area contributed by atoms with Crippen molar-refractivity contribution in [2.45, 2.75) is 13.3 Å². The minimum Gasteiger partial charge on any atom is -0.378 e. The van der Waals surface area contributed by atoms with Crippen LogP contribution in [0.4, 0.5) is 11.4 Å². The first-order valence-electron chi connectivity index (χ1n) is 8.67. The van der Waals surface area contributed by atoms with Gasteiger partial charge in [-0.05, 0) is 42.1 Å². The zero-order valence-electron chi connectivity index (χ0n) is 14.8. The number of rotatable bonds is 6. The number of nitrogens with zero attached hydrogens (tertiary/aromatic N) is 1. The van der Waals surface area contributed by atoms with Crippen LogP contribution in [0.25, 0.3) is 0 Å². The summed E-state index contributed by atoms with van der Waals surface area (Å²) in [5, 5.41) is 9.31. The maximum atomic E-state index is 12.1. The lowest BCUT2D eigenvalue weighted by Gasteiger charge is -2.29. The summed E-state index contributed by atoms with van der Waals surface area (Å²) < 4.78 is 5.38. The van der Waals surface area contributed by atoms with E-state index in [1.54, 1.807) is 11.4 Å². The highest BCUT2D eigenvalue weighted by atomic mass is 32.1. The van der Waals surface area contributed by atoms with E-state index >= 15 is 0 Å². The molecular formula is C19H23N3O3S. The van der Waals surface area contributed by atoms with E-state index in [2.05, 4.69) is 21.6 Å². The summed E-state index contributed by atoms with van der Waals surface area (Å²) in [4.78, 5) is 26.2. The molecule has 3 rings (SSSR count). The number of ether oxygens (including phenoxy) is 1. The second-order valence-electron chi connectivity index (χ2n) is 6.16. The second-order valence-corrected chi connectivity index (χ2v) is 6.94. The number of hydrogen-bond donors (Lipinski definition) is 2. The number of aryl methyl sites for hydroxylation is 1. The van der Waals surface area contributed by atoms with Crippen molar-refractivity contribution in [1.29, 1.82) is 0 Å². The minimum atomic E-state index is -0.148. The van der Waals surface area contributed by atoms with Crippen LogP contribution >= 0.6 is 11.3 Å². The molecule has 1 fully saturated rings. The molecule has 2 heterocycles. The van der Waals surface area contributed by atoms with Crippen LogP contribution in [0.2, 0.25) is 0 Å². The largest absolute Gasteiger partial charge is 0.378 e. The van der Waals surface area contributed by atoms with E-state index < -0.39 is 0 Å². The molecule has 2 aromatic rings. The van der Waals surface area contributed by atoms with Gasteiger partial charge in [0.15, 0.2) is 0 Å². The predicted octanol–water partition coefficient (Wildman–Crippen LogP) is 2.65. The van der Waals surface area contributed by atoms with Gasteiger partial charge in [0.05, 0.1) is 13.2 Å². The molecule has 138 valence electrons. The van der Waals surface area contributed by atoms with Gasteiger partial charge in [0.2, 0.25) is 5.91 Å². The molecule has 6 nitrogen and oxygen atoms in total. The minimum absolute atomic E-state index is 0.113. The summed E-state index contributed by atoms with van der Waals surface area (Å²) in [7, 11) is 0. The van der Waals surface area contributed by atoms with Crippen LogP contribution in [0.15, 0.2) is 35.0 Å². The topological polar surface area (TPSA) is 70.7 Å². The highest BCUT2D eigenvalue weighted by Crippen LogP contribution is 2.23. The number of hydrogen-bond acceptors (Lipinski definition) is 5.